The number of carbonyl (C=O) groups excluding carboxylic acids is 3. The standard InChI is InChI=1S/C26H20BrClN2O5S/c1-15-6-8-18(9-7-15)29-24(31)14-35-22-13-20(27)16(10-21(22)34-2)11-23-25(32)30(26(33)36-23)19-5-3-4-17(28)12-19/h3-13H,14H2,1-2H3,(H,29,31)/b23-11+. The maximum absolute atomic E-state index is 13.0. The molecule has 1 saturated heterocycles. The van der Waals surface area contributed by atoms with Crippen molar-refractivity contribution in [3.8, 4) is 11.5 Å². The van der Waals surface area contributed by atoms with Crippen LogP contribution in [0.1, 0.15) is 11.1 Å². The SMILES string of the molecule is COc1cc(/C=C2/SC(=O)N(c3cccc(Cl)c3)C2=O)c(Br)cc1OCC(=O)Nc1ccc(C)cc1. The predicted octanol–water partition coefficient (Wildman–Crippen LogP) is 6.68. The van der Waals surface area contributed by atoms with Crippen molar-refractivity contribution in [1.29, 1.82) is 0 Å². The van der Waals surface area contributed by atoms with Gasteiger partial charge in [0.2, 0.25) is 0 Å². The molecular formula is C26H20BrClN2O5S. The molecule has 0 aromatic heterocycles. The first-order valence-electron chi connectivity index (χ1n) is 10.7. The van der Waals surface area contributed by atoms with Crippen molar-refractivity contribution in [2.75, 3.05) is 23.9 Å². The Kier molecular flexibility index (Phi) is 8.03. The highest BCUT2D eigenvalue weighted by Gasteiger charge is 2.36. The van der Waals surface area contributed by atoms with Gasteiger partial charge in [-0.1, -0.05) is 51.3 Å². The van der Waals surface area contributed by atoms with Crippen LogP contribution >= 0.6 is 39.3 Å². The van der Waals surface area contributed by atoms with Gasteiger partial charge in [-0.05, 0) is 72.8 Å². The van der Waals surface area contributed by atoms with Gasteiger partial charge < -0.3 is 14.8 Å². The van der Waals surface area contributed by atoms with Crippen molar-refractivity contribution in [3.05, 3.63) is 86.2 Å². The highest BCUT2D eigenvalue weighted by molar-refractivity contribution is 9.10. The number of benzene rings is 3. The number of carbonyl (C=O) groups is 3. The summed E-state index contributed by atoms with van der Waals surface area (Å²) in [5.74, 6) is -0.0729. The molecule has 36 heavy (non-hydrogen) atoms. The van der Waals surface area contributed by atoms with Crippen LogP contribution in [0.3, 0.4) is 0 Å². The number of hydrogen-bond acceptors (Lipinski definition) is 6. The van der Waals surface area contributed by atoms with Crippen LogP contribution in [0.15, 0.2) is 70.0 Å². The van der Waals surface area contributed by atoms with E-state index >= 15 is 0 Å². The third-order valence-corrected chi connectivity index (χ3v) is 6.92. The van der Waals surface area contributed by atoms with Crippen molar-refractivity contribution >= 4 is 73.8 Å². The van der Waals surface area contributed by atoms with Crippen LogP contribution in [-0.2, 0) is 9.59 Å². The van der Waals surface area contributed by atoms with E-state index in [-0.39, 0.29) is 17.4 Å². The summed E-state index contributed by atoms with van der Waals surface area (Å²) in [6.45, 7) is 1.74. The molecule has 1 aliphatic heterocycles. The fraction of sp³-hybridized carbons (Fsp3) is 0.115. The van der Waals surface area contributed by atoms with Gasteiger partial charge in [-0.15, -0.1) is 0 Å². The molecule has 3 aromatic rings. The summed E-state index contributed by atoms with van der Waals surface area (Å²) in [6.07, 6.45) is 1.59. The van der Waals surface area contributed by atoms with E-state index in [0.29, 0.717) is 37.9 Å². The minimum Gasteiger partial charge on any atom is -0.493 e. The largest absolute Gasteiger partial charge is 0.493 e. The molecule has 0 unspecified atom stereocenters. The van der Waals surface area contributed by atoms with Crippen LogP contribution in [-0.4, -0.2) is 30.8 Å². The molecule has 7 nitrogen and oxygen atoms in total. The average Bonchev–Trinajstić information content (AvgIpc) is 3.13. The summed E-state index contributed by atoms with van der Waals surface area (Å²) >= 11 is 10.3. The first kappa shape index (κ1) is 25.8. The lowest BCUT2D eigenvalue weighted by Gasteiger charge is -2.13. The summed E-state index contributed by atoms with van der Waals surface area (Å²) in [5, 5.41) is 2.77. The Morgan fingerprint density at radius 3 is 2.56 bits per heavy atom. The Hall–Kier alpha value is -3.27. The molecule has 0 radical (unpaired) electrons. The highest BCUT2D eigenvalue weighted by Crippen LogP contribution is 2.39. The fourth-order valence-electron chi connectivity index (χ4n) is 3.36. The highest BCUT2D eigenvalue weighted by atomic mass is 79.9. The Morgan fingerprint density at radius 1 is 1.11 bits per heavy atom. The van der Waals surface area contributed by atoms with E-state index < -0.39 is 11.1 Å². The van der Waals surface area contributed by atoms with Crippen molar-refractivity contribution in [2.45, 2.75) is 6.92 Å². The summed E-state index contributed by atoms with van der Waals surface area (Å²) < 4.78 is 11.7. The van der Waals surface area contributed by atoms with Crippen LogP contribution in [0, 0.1) is 6.92 Å². The average molecular weight is 588 g/mol. The molecule has 1 N–H and O–H groups in total. The monoisotopic (exact) mass is 586 g/mol. The molecule has 0 atom stereocenters. The van der Waals surface area contributed by atoms with Gasteiger partial charge >= 0.3 is 0 Å². The van der Waals surface area contributed by atoms with Gasteiger partial charge in [0.05, 0.1) is 17.7 Å². The minimum absolute atomic E-state index is 0.228. The van der Waals surface area contributed by atoms with Gasteiger partial charge in [-0.25, -0.2) is 4.90 Å². The van der Waals surface area contributed by atoms with Gasteiger partial charge in [-0.2, -0.15) is 0 Å². The number of halogens is 2. The molecule has 184 valence electrons. The van der Waals surface area contributed by atoms with Crippen LogP contribution < -0.4 is 19.7 Å². The lowest BCUT2D eigenvalue weighted by atomic mass is 10.1. The van der Waals surface area contributed by atoms with E-state index in [1.165, 1.54) is 7.11 Å². The second-order valence-electron chi connectivity index (χ2n) is 7.72. The number of imide groups is 1. The minimum atomic E-state index is -0.453. The van der Waals surface area contributed by atoms with E-state index in [4.69, 9.17) is 21.1 Å². The molecule has 3 amide bonds. The Labute approximate surface area is 225 Å². The van der Waals surface area contributed by atoms with Crippen LogP contribution in [0.2, 0.25) is 5.02 Å². The molecule has 4 rings (SSSR count). The number of aryl methyl sites for hydroxylation is 1. The molecule has 0 saturated carbocycles. The predicted molar refractivity (Wildman–Crippen MR) is 146 cm³/mol. The molecule has 3 aromatic carbocycles. The van der Waals surface area contributed by atoms with Crippen molar-refractivity contribution < 1.29 is 23.9 Å². The smallest absolute Gasteiger partial charge is 0.298 e. The van der Waals surface area contributed by atoms with E-state index in [0.717, 1.165) is 22.2 Å². The van der Waals surface area contributed by atoms with Crippen molar-refractivity contribution in [1.82, 2.24) is 0 Å². The number of nitrogens with zero attached hydrogens (tertiary/aromatic N) is 1. The van der Waals surface area contributed by atoms with Crippen molar-refractivity contribution in [3.63, 3.8) is 0 Å². The second-order valence-corrected chi connectivity index (χ2v) is 10.0. The lowest BCUT2D eigenvalue weighted by Crippen LogP contribution is -2.27. The number of nitrogens with one attached hydrogen (secondary N) is 1. The van der Waals surface area contributed by atoms with E-state index in [9.17, 15) is 14.4 Å². The molecule has 0 aliphatic carbocycles. The van der Waals surface area contributed by atoms with Crippen LogP contribution in [0.5, 0.6) is 11.5 Å². The van der Waals surface area contributed by atoms with Gasteiger partial charge in [0.15, 0.2) is 18.1 Å². The third-order valence-electron chi connectivity index (χ3n) is 5.12. The number of rotatable bonds is 7. The number of amides is 3. The fourth-order valence-corrected chi connectivity index (χ4v) is 4.81. The maximum atomic E-state index is 13.0. The molecule has 10 heteroatoms. The van der Waals surface area contributed by atoms with Crippen LogP contribution in [0.25, 0.3) is 6.08 Å². The zero-order valence-corrected chi connectivity index (χ0v) is 22.4. The van der Waals surface area contributed by atoms with E-state index in [1.807, 2.05) is 31.2 Å². The summed E-state index contributed by atoms with van der Waals surface area (Å²) in [4.78, 5) is 39.1. The number of ether oxygens (including phenoxy) is 2. The molecule has 1 aliphatic rings. The zero-order valence-electron chi connectivity index (χ0n) is 19.2. The van der Waals surface area contributed by atoms with E-state index in [2.05, 4.69) is 21.2 Å². The zero-order chi connectivity index (χ0) is 25.8. The Balaban J connectivity index is 1.50. The van der Waals surface area contributed by atoms with Crippen molar-refractivity contribution in [2.24, 2.45) is 0 Å². The lowest BCUT2D eigenvalue weighted by molar-refractivity contribution is -0.118. The van der Waals surface area contributed by atoms with Gasteiger partial charge in [-0.3, -0.25) is 14.4 Å². The summed E-state index contributed by atoms with van der Waals surface area (Å²) in [7, 11) is 1.47. The molecule has 1 heterocycles. The molecule has 1 fully saturated rings. The first-order chi connectivity index (χ1) is 17.2. The number of methoxy groups -OCH3 is 1. The van der Waals surface area contributed by atoms with Gasteiger partial charge in [0, 0.05) is 15.2 Å². The third kappa shape index (κ3) is 5.92. The molecule has 0 bridgehead atoms. The normalized spacial score (nSPS) is 14.3. The summed E-state index contributed by atoms with van der Waals surface area (Å²) in [5.41, 5.74) is 2.76. The van der Waals surface area contributed by atoms with Gasteiger partial charge in [0.25, 0.3) is 17.1 Å². The molecular weight excluding hydrogens is 568 g/mol. The number of thioether (sulfide) groups is 1. The Morgan fingerprint density at radius 2 is 1.86 bits per heavy atom. The quantitative estimate of drug-likeness (QED) is 0.311. The topological polar surface area (TPSA) is 84.9 Å². The number of hydrogen-bond donors (Lipinski definition) is 1. The number of anilines is 2. The van der Waals surface area contributed by atoms with Gasteiger partial charge in [0.1, 0.15) is 0 Å². The first-order valence-corrected chi connectivity index (χ1v) is 12.6. The summed E-state index contributed by atoms with van der Waals surface area (Å²) in [6, 6.07) is 17.3. The maximum Gasteiger partial charge on any atom is 0.298 e. The molecule has 0 spiro atoms. The Bertz CT molecular complexity index is 1380. The second kappa shape index (κ2) is 11.2. The van der Waals surface area contributed by atoms with E-state index in [1.54, 1.807) is 42.5 Å². The van der Waals surface area contributed by atoms with Crippen LogP contribution in [0.4, 0.5) is 16.2 Å².